The van der Waals surface area contributed by atoms with Crippen LogP contribution < -0.4 is 2.89 Å². The predicted molar refractivity (Wildman–Crippen MR) is 132 cm³/mol. The molecule has 0 N–H and O–H groups in total. The van der Waals surface area contributed by atoms with Crippen LogP contribution in [-0.4, -0.2) is 18.4 Å². The van der Waals surface area contributed by atoms with Gasteiger partial charge in [-0.2, -0.15) is 0 Å². The minimum Gasteiger partial charge on any atom is -0.149 e. The fourth-order valence-corrected chi connectivity index (χ4v) is 24.6. The van der Waals surface area contributed by atoms with Crippen LogP contribution in [0.3, 0.4) is 0 Å². The maximum Gasteiger partial charge on any atom is 0.00424 e. The Hall–Kier alpha value is 0.199. The molecule has 2 heterocycles. The largest absolute Gasteiger partial charge is 0.149 e. The first-order valence-electron chi connectivity index (χ1n) is 11.3. The van der Waals surface area contributed by atoms with E-state index in [1.807, 2.05) is 14.2 Å². The Morgan fingerprint density at radius 1 is 0.704 bits per heavy atom. The summed E-state index contributed by atoms with van der Waals surface area (Å²) in [6.07, 6.45) is 11.0. The molecule has 0 saturated carbocycles. The second kappa shape index (κ2) is 15.1. The van der Waals surface area contributed by atoms with Crippen LogP contribution in [0.5, 0.6) is 0 Å². The van der Waals surface area contributed by atoms with Crippen LogP contribution in [0.15, 0.2) is 29.6 Å². The number of hydrogen-bond donors (Lipinski definition) is 0. The molecular weight excluding hydrogens is 471 g/mol. The van der Waals surface area contributed by atoms with Gasteiger partial charge in [0, 0.05) is 4.88 Å². The van der Waals surface area contributed by atoms with Gasteiger partial charge in [-0.1, -0.05) is 13.0 Å². The molecule has 0 radical (unpaired) electrons. The summed E-state index contributed by atoms with van der Waals surface area (Å²) in [7, 11) is 0. The summed E-state index contributed by atoms with van der Waals surface area (Å²) in [6, 6.07) is 9.21. The zero-order valence-corrected chi connectivity index (χ0v) is 23.0. The van der Waals surface area contributed by atoms with E-state index in [2.05, 4.69) is 75.6 Å². The Bertz CT molecular complexity index is 549. The third kappa shape index (κ3) is 9.04. The fourth-order valence-electron chi connectivity index (χ4n) is 3.66. The zero-order valence-electron chi connectivity index (χ0n) is 18.5. The van der Waals surface area contributed by atoms with Gasteiger partial charge in [0.2, 0.25) is 0 Å². The van der Waals surface area contributed by atoms with E-state index in [-0.39, 0.29) is 0 Å². The van der Waals surface area contributed by atoms with E-state index in [0.717, 1.165) is 0 Å². The monoisotopic (exact) mass is 514 g/mol. The van der Waals surface area contributed by atoms with Gasteiger partial charge in [-0.25, -0.2) is 0 Å². The molecule has 0 aliphatic heterocycles. The van der Waals surface area contributed by atoms with Crippen molar-refractivity contribution in [3.63, 3.8) is 0 Å². The van der Waals surface area contributed by atoms with E-state index in [9.17, 15) is 0 Å². The molecule has 0 aliphatic rings. The summed E-state index contributed by atoms with van der Waals surface area (Å²) in [5, 5.41) is 2.11. The molecule has 2 rings (SSSR count). The Morgan fingerprint density at radius 3 is 1.59 bits per heavy atom. The summed E-state index contributed by atoms with van der Waals surface area (Å²) in [5.41, 5.74) is 0. The zero-order chi connectivity index (χ0) is 20.0. The van der Waals surface area contributed by atoms with Gasteiger partial charge in [0.1, 0.15) is 0 Å². The molecule has 3 heteroatoms. The summed E-state index contributed by atoms with van der Waals surface area (Å²) in [4.78, 5) is 3.09. The normalized spacial score (nSPS) is 11.3. The average Bonchev–Trinajstić information content (AvgIpc) is 3.40. The van der Waals surface area contributed by atoms with E-state index in [1.54, 1.807) is 18.2 Å². The molecule has 0 atom stereocenters. The molecule has 0 bridgehead atoms. The van der Waals surface area contributed by atoms with Crippen molar-refractivity contribution in [2.24, 2.45) is 0 Å². The van der Waals surface area contributed by atoms with Gasteiger partial charge in [-0.3, -0.25) is 0 Å². The van der Waals surface area contributed by atoms with Crippen molar-refractivity contribution in [2.45, 2.75) is 99.3 Å². The van der Waals surface area contributed by atoms with E-state index in [0.29, 0.717) is 0 Å². The van der Waals surface area contributed by atoms with Gasteiger partial charge in [-0.05, 0) is 17.9 Å². The first-order chi connectivity index (χ1) is 13.2. The van der Waals surface area contributed by atoms with Crippen molar-refractivity contribution < 1.29 is 0 Å². The minimum atomic E-state index is -2.08. The molecule has 0 spiro atoms. The number of thiophene rings is 2. The van der Waals surface area contributed by atoms with Gasteiger partial charge < -0.3 is 0 Å². The topological polar surface area (TPSA) is 0 Å². The number of unbranched alkanes of at least 4 members (excludes halogenated alkanes) is 3. The summed E-state index contributed by atoms with van der Waals surface area (Å²) in [5.74, 6) is 0. The van der Waals surface area contributed by atoms with E-state index in [4.69, 9.17) is 0 Å². The quantitative estimate of drug-likeness (QED) is 0.249. The molecule has 0 nitrogen and oxygen atoms in total. The number of hydrogen-bond acceptors (Lipinski definition) is 2. The van der Waals surface area contributed by atoms with Crippen LogP contribution in [0.4, 0.5) is 0 Å². The van der Waals surface area contributed by atoms with Crippen molar-refractivity contribution in [3.8, 4) is 0 Å². The van der Waals surface area contributed by atoms with Gasteiger partial charge in [-0.15, -0.1) is 11.3 Å². The third-order valence-electron chi connectivity index (χ3n) is 5.49. The smallest absolute Gasteiger partial charge is 0.00424 e. The molecule has 0 aliphatic carbocycles. The molecular formula is C24H42S2Sn. The van der Waals surface area contributed by atoms with E-state index < -0.39 is 18.4 Å². The number of rotatable bonds is 12. The van der Waals surface area contributed by atoms with Crippen molar-refractivity contribution >= 4 is 43.9 Å². The standard InChI is InChI=1S/C6H8S.C6H7S.3C4H9.Sn/c2*1-2-6-4-3-5-7-6;3*1-3-4-2;/h3-5H,2H2,1H3;3-4H,2H2,1H3;3*1,3-4H2,2H3;. The van der Waals surface area contributed by atoms with Crippen LogP contribution in [0.1, 0.15) is 82.9 Å². The summed E-state index contributed by atoms with van der Waals surface area (Å²) < 4.78 is 6.71. The van der Waals surface area contributed by atoms with Crippen molar-refractivity contribution in [3.05, 3.63) is 39.4 Å². The van der Waals surface area contributed by atoms with Crippen molar-refractivity contribution in [1.82, 2.24) is 0 Å². The van der Waals surface area contributed by atoms with E-state index >= 15 is 0 Å². The second-order valence-electron chi connectivity index (χ2n) is 7.64. The molecule has 0 aromatic carbocycles. The Morgan fingerprint density at radius 2 is 1.26 bits per heavy atom. The molecule has 2 aromatic heterocycles. The minimum absolute atomic E-state index is 1.18. The first-order valence-corrected chi connectivity index (χ1v) is 20.4. The van der Waals surface area contributed by atoms with Gasteiger partial charge >= 0.3 is 136 Å². The molecule has 154 valence electrons. The molecule has 0 fully saturated rings. The maximum absolute atomic E-state index is 2.54. The second-order valence-corrected chi connectivity index (χ2v) is 24.0. The van der Waals surface area contributed by atoms with E-state index in [1.165, 1.54) is 56.2 Å². The summed E-state index contributed by atoms with van der Waals surface area (Å²) in [6.45, 7) is 11.6. The first kappa shape index (κ1) is 25.2. The van der Waals surface area contributed by atoms with Crippen molar-refractivity contribution in [1.29, 1.82) is 0 Å². The van der Waals surface area contributed by atoms with Gasteiger partial charge in [0.05, 0.1) is 0 Å². The van der Waals surface area contributed by atoms with Crippen LogP contribution in [0.25, 0.3) is 0 Å². The van der Waals surface area contributed by atoms with Crippen LogP contribution in [-0.2, 0) is 12.8 Å². The molecule has 2 aromatic rings. The Kier molecular flexibility index (Phi) is 14.1. The fraction of sp³-hybridized carbons (Fsp3) is 0.667. The predicted octanol–water partition coefficient (Wildman–Crippen LogP) is 8.68. The number of aryl methyl sites for hydroxylation is 2. The van der Waals surface area contributed by atoms with Crippen molar-refractivity contribution in [2.75, 3.05) is 0 Å². The van der Waals surface area contributed by atoms with Gasteiger partial charge in [0.25, 0.3) is 0 Å². The molecule has 0 saturated heterocycles. The maximum atomic E-state index is 2.54. The molecule has 0 unspecified atom stereocenters. The van der Waals surface area contributed by atoms with Crippen LogP contribution >= 0.6 is 22.7 Å². The average molecular weight is 513 g/mol. The van der Waals surface area contributed by atoms with Crippen LogP contribution in [0, 0.1) is 0 Å². The summed E-state index contributed by atoms with van der Waals surface area (Å²) >= 11 is 1.93. The van der Waals surface area contributed by atoms with Gasteiger partial charge in [0.15, 0.2) is 0 Å². The Balaban J connectivity index is 0.000000433. The SMILES string of the molecule is CCC[CH2][Sn]([CH2]CCC)([CH2]CCC)[c]1ccc(CC)s1.CCc1cccs1. The van der Waals surface area contributed by atoms with Crippen LogP contribution in [0.2, 0.25) is 13.3 Å². The molecule has 0 amide bonds. The third-order valence-corrected chi connectivity index (χ3v) is 26.0. The Labute approximate surface area is 181 Å². The molecule has 27 heavy (non-hydrogen) atoms.